The summed E-state index contributed by atoms with van der Waals surface area (Å²) in [6.45, 7) is 1.34. The second kappa shape index (κ2) is 8.61. The van der Waals surface area contributed by atoms with Gasteiger partial charge in [-0.15, -0.1) is 11.3 Å². The Kier molecular flexibility index (Phi) is 5.76. The van der Waals surface area contributed by atoms with Gasteiger partial charge in [0.1, 0.15) is 6.29 Å². The van der Waals surface area contributed by atoms with Crippen LogP contribution in [-0.4, -0.2) is 48.9 Å². The van der Waals surface area contributed by atoms with Gasteiger partial charge in [-0.05, 0) is 43.2 Å². The van der Waals surface area contributed by atoms with Gasteiger partial charge in [0.15, 0.2) is 18.1 Å². The average molecular weight is 410 g/mol. The number of aldehydes is 1. The molecule has 4 rings (SSSR count). The molecule has 1 amide bonds. The Bertz CT molecular complexity index is 992. The van der Waals surface area contributed by atoms with Gasteiger partial charge >= 0.3 is 0 Å². The van der Waals surface area contributed by atoms with Crippen LogP contribution in [0.3, 0.4) is 0 Å². The van der Waals surface area contributed by atoms with Gasteiger partial charge in [-0.2, -0.15) is 0 Å². The molecule has 1 saturated heterocycles. The Morgan fingerprint density at radius 3 is 2.72 bits per heavy atom. The number of hydrogen-bond donors (Lipinski definition) is 0. The van der Waals surface area contributed by atoms with Gasteiger partial charge in [0.2, 0.25) is 0 Å². The summed E-state index contributed by atoms with van der Waals surface area (Å²) < 4.78 is 12.1. The monoisotopic (exact) mass is 410 g/mol. The number of amides is 1. The van der Waals surface area contributed by atoms with Crippen LogP contribution in [-0.2, 0) is 4.79 Å². The minimum atomic E-state index is -0.0530. The SMILES string of the molecule is COc1cc(C=O)ccc1OCC(=O)N1CCC(c2nc3ccccc3s2)CC1. The van der Waals surface area contributed by atoms with Crippen LogP contribution in [0, 0.1) is 0 Å². The van der Waals surface area contributed by atoms with Gasteiger partial charge in [0, 0.05) is 24.6 Å². The number of fused-ring (bicyclic) bond motifs is 1. The van der Waals surface area contributed by atoms with Gasteiger partial charge in [0.25, 0.3) is 5.91 Å². The van der Waals surface area contributed by atoms with Crippen LogP contribution >= 0.6 is 11.3 Å². The number of para-hydroxylation sites is 1. The lowest BCUT2D eigenvalue weighted by Gasteiger charge is -2.31. The predicted octanol–water partition coefficient (Wildman–Crippen LogP) is 3.90. The Labute approximate surface area is 173 Å². The quantitative estimate of drug-likeness (QED) is 0.577. The lowest BCUT2D eigenvalue weighted by Crippen LogP contribution is -2.40. The molecule has 1 aliphatic heterocycles. The van der Waals surface area contributed by atoms with E-state index in [4.69, 9.17) is 14.5 Å². The van der Waals surface area contributed by atoms with Crippen molar-refractivity contribution in [2.75, 3.05) is 26.8 Å². The number of thiazole rings is 1. The summed E-state index contributed by atoms with van der Waals surface area (Å²) in [5.41, 5.74) is 1.55. The Balaban J connectivity index is 1.33. The molecule has 2 heterocycles. The minimum Gasteiger partial charge on any atom is -0.493 e. The Morgan fingerprint density at radius 1 is 1.21 bits per heavy atom. The minimum absolute atomic E-state index is 0.0470. The van der Waals surface area contributed by atoms with Crippen molar-refractivity contribution in [1.29, 1.82) is 0 Å². The van der Waals surface area contributed by atoms with Crippen molar-refractivity contribution in [3.05, 3.63) is 53.0 Å². The molecule has 1 aliphatic rings. The molecule has 7 heteroatoms. The van der Waals surface area contributed by atoms with Gasteiger partial charge in [-0.3, -0.25) is 9.59 Å². The molecule has 2 aromatic carbocycles. The van der Waals surface area contributed by atoms with Crippen molar-refractivity contribution in [2.45, 2.75) is 18.8 Å². The van der Waals surface area contributed by atoms with E-state index in [9.17, 15) is 9.59 Å². The fourth-order valence-corrected chi connectivity index (χ4v) is 4.68. The number of methoxy groups -OCH3 is 1. The molecule has 150 valence electrons. The van der Waals surface area contributed by atoms with E-state index in [1.165, 1.54) is 11.8 Å². The molecule has 0 spiro atoms. The number of piperidine rings is 1. The largest absolute Gasteiger partial charge is 0.493 e. The van der Waals surface area contributed by atoms with E-state index in [0.717, 1.165) is 29.7 Å². The molecule has 3 aromatic rings. The highest BCUT2D eigenvalue weighted by molar-refractivity contribution is 7.18. The van der Waals surface area contributed by atoms with E-state index in [-0.39, 0.29) is 12.5 Å². The smallest absolute Gasteiger partial charge is 0.260 e. The molecular weight excluding hydrogens is 388 g/mol. The van der Waals surface area contributed by atoms with Crippen LogP contribution in [0.15, 0.2) is 42.5 Å². The Morgan fingerprint density at radius 2 is 2.00 bits per heavy atom. The number of likely N-dealkylation sites (tertiary alicyclic amines) is 1. The number of rotatable bonds is 6. The van der Waals surface area contributed by atoms with Gasteiger partial charge in [-0.1, -0.05) is 12.1 Å². The van der Waals surface area contributed by atoms with Crippen LogP contribution in [0.5, 0.6) is 11.5 Å². The molecule has 0 radical (unpaired) electrons. The fraction of sp³-hybridized carbons (Fsp3) is 0.318. The summed E-state index contributed by atoms with van der Waals surface area (Å²) in [5.74, 6) is 1.25. The molecule has 0 atom stereocenters. The highest BCUT2D eigenvalue weighted by Crippen LogP contribution is 2.34. The highest BCUT2D eigenvalue weighted by atomic mass is 32.1. The van der Waals surface area contributed by atoms with Crippen LogP contribution in [0.1, 0.15) is 34.1 Å². The van der Waals surface area contributed by atoms with Crippen LogP contribution in [0.4, 0.5) is 0 Å². The molecule has 0 aliphatic carbocycles. The first-order valence-electron chi connectivity index (χ1n) is 9.57. The van der Waals surface area contributed by atoms with Gasteiger partial charge < -0.3 is 14.4 Å². The van der Waals surface area contributed by atoms with Crippen molar-refractivity contribution >= 4 is 33.7 Å². The first-order chi connectivity index (χ1) is 14.2. The first kappa shape index (κ1) is 19.4. The van der Waals surface area contributed by atoms with E-state index in [1.807, 2.05) is 23.1 Å². The standard InChI is InChI=1S/C22H22N2O4S/c1-27-19-12-15(13-25)6-7-18(19)28-14-21(26)24-10-8-16(9-11-24)22-23-17-4-2-3-5-20(17)29-22/h2-7,12-13,16H,8-11,14H2,1H3. The normalized spacial score (nSPS) is 14.7. The number of hydrogen-bond acceptors (Lipinski definition) is 6. The molecule has 6 nitrogen and oxygen atoms in total. The fourth-order valence-electron chi connectivity index (χ4n) is 3.55. The van der Waals surface area contributed by atoms with Crippen LogP contribution in [0.25, 0.3) is 10.2 Å². The van der Waals surface area contributed by atoms with E-state index < -0.39 is 0 Å². The predicted molar refractivity (Wildman–Crippen MR) is 112 cm³/mol. The maximum Gasteiger partial charge on any atom is 0.260 e. The highest BCUT2D eigenvalue weighted by Gasteiger charge is 2.26. The number of aromatic nitrogens is 1. The van der Waals surface area contributed by atoms with Gasteiger partial charge in [-0.25, -0.2) is 4.98 Å². The maximum absolute atomic E-state index is 12.6. The number of nitrogens with zero attached hydrogens (tertiary/aromatic N) is 2. The summed E-state index contributed by atoms with van der Waals surface area (Å²) in [4.78, 5) is 30.1. The van der Waals surface area contributed by atoms with E-state index in [2.05, 4.69) is 6.07 Å². The summed E-state index contributed by atoms with van der Waals surface area (Å²) in [6.07, 6.45) is 2.55. The van der Waals surface area contributed by atoms with Crippen molar-refractivity contribution in [3.63, 3.8) is 0 Å². The summed E-state index contributed by atoms with van der Waals surface area (Å²) in [5, 5.41) is 1.16. The number of carbonyl (C=O) groups is 2. The van der Waals surface area contributed by atoms with Crippen LogP contribution < -0.4 is 9.47 Å². The third-order valence-corrected chi connectivity index (χ3v) is 6.38. The number of carbonyl (C=O) groups excluding carboxylic acids is 2. The first-order valence-corrected chi connectivity index (χ1v) is 10.4. The zero-order chi connectivity index (χ0) is 20.2. The molecule has 1 aromatic heterocycles. The molecule has 0 unspecified atom stereocenters. The second-order valence-electron chi connectivity index (χ2n) is 6.99. The summed E-state index contributed by atoms with van der Waals surface area (Å²) >= 11 is 1.75. The lowest BCUT2D eigenvalue weighted by atomic mass is 9.97. The van der Waals surface area contributed by atoms with Crippen molar-refractivity contribution in [2.24, 2.45) is 0 Å². The molecular formula is C22H22N2O4S. The average Bonchev–Trinajstić information content (AvgIpc) is 3.21. The van der Waals surface area contributed by atoms with Gasteiger partial charge in [0.05, 0.1) is 22.3 Å². The number of benzene rings is 2. The zero-order valence-electron chi connectivity index (χ0n) is 16.2. The maximum atomic E-state index is 12.6. The second-order valence-corrected chi connectivity index (χ2v) is 8.05. The zero-order valence-corrected chi connectivity index (χ0v) is 17.0. The molecule has 0 N–H and O–H groups in total. The third-order valence-electron chi connectivity index (χ3n) is 5.18. The van der Waals surface area contributed by atoms with Crippen molar-refractivity contribution in [3.8, 4) is 11.5 Å². The summed E-state index contributed by atoms with van der Waals surface area (Å²) in [6, 6.07) is 13.1. The molecule has 0 saturated carbocycles. The Hall–Kier alpha value is -2.93. The molecule has 1 fully saturated rings. The third kappa shape index (κ3) is 4.24. The summed E-state index contributed by atoms with van der Waals surface area (Å²) in [7, 11) is 1.51. The van der Waals surface area contributed by atoms with E-state index >= 15 is 0 Å². The van der Waals surface area contributed by atoms with Crippen LogP contribution in [0.2, 0.25) is 0 Å². The van der Waals surface area contributed by atoms with Crippen molar-refractivity contribution < 1.29 is 19.1 Å². The van der Waals surface area contributed by atoms with E-state index in [1.54, 1.807) is 29.5 Å². The molecule has 0 bridgehead atoms. The number of ether oxygens (including phenoxy) is 2. The lowest BCUT2D eigenvalue weighted by molar-refractivity contribution is -0.134. The van der Waals surface area contributed by atoms with E-state index in [0.29, 0.717) is 36.1 Å². The van der Waals surface area contributed by atoms with Crippen molar-refractivity contribution in [1.82, 2.24) is 9.88 Å². The molecule has 29 heavy (non-hydrogen) atoms. The topological polar surface area (TPSA) is 68.7 Å².